The number of aromatic nitrogens is 4. The first-order chi connectivity index (χ1) is 18.9. The average molecular weight is 562 g/mol. The van der Waals surface area contributed by atoms with Gasteiger partial charge in [-0.3, -0.25) is 4.79 Å². The molecular formula is C27H23N5O5S2. The molecule has 0 spiro atoms. The fourth-order valence-electron chi connectivity index (χ4n) is 4.00. The SMILES string of the molecule is COc1cc(OCc2csc(-c3ccc(C(=O)N(C)C)cc3)n2)c2cc(-c3cn4nc(OC)sc4n3)oc2c1. The molecule has 39 heavy (non-hydrogen) atoms. The molecule has 0 fully saturated rings. The van der Waals surface area contributed by atoms with Crippen LogP contribution in [-0.4, -0.2) is 58.7 Å². The number of carbonyl (C=O) groups is 1. The smallest absolute Gasteiger partial charge is 0.294 e. The zero-order valence-corrected chi connectivity index (χ0v) is 23.1. The summed E-state index contributed by atoms with van der Waals surface area (Å²) in [4.78, 5) is 23.8. The number of fused-ring (bicyclic) bond motifs is 2. The maximum Gasteiger partial charge on any atom is 0.294 e. The monoisotopic (exact) mass is 561 g/mol. The summed E-state index contributed by atoms with van der Waals surface area (Å²) in [6.07, 6.45) is 1.80. The Morgan fingerprint density at radius 1 is 1.08 bits per heavy atom. The van der Waals surface area contributed by atoms with Crippen LogP contribution in [0.3, 0.4) is 0 Å². The molecule has 0 N–H and O–H groups in total. The van der Waals surface area contributed by atoms with Crippen molar-refractivity contribution in [2.24, 2.45) is 0 Å². The Morgan fingerprint density at radius 3 is 2.62 bits per heavy atom. The number of imidazole rings is 1. The number of amides is 1. The molecule has 2 aromatic carbocycles. The quantitative estimate of drug-likeness (QED) is 0.236. The van der Waals surface area contributed by atoms with Crippen LogP contribution in [0.15, 0.2) is 58.5 Å². The zero-order valence-electron chi connectivity index (χ0n) is 21.5. The Labute approximate surface area is 231 Å². The first-order valence-corrected chi connectivity index (χ1v) is 13.5. The average Bonchev–Trinajstić information content (AvgIpc) is 3.73. The van der Waals surface area contributed by atoms with E-state index in [4.69, 9.17) is 23.6 Å². The summed E-state index contributed by atoms with van der Waals surface area (Å²) in [5, 5.41) is 8.47. The molecule has 0 aliphatic heterocycles. The van der Waals surface area contributed by atoms with Gasteiger partial charge in [-0.1, -0.05) is 12.1 Å². The number of methoxy groups -OCH3 is 2. The maximum atomic E-state index is 12.2. The van der Waals surface area contributed by atoms with E-state index in [9.17, 15) is 4.79 Å². The molecular weight excluding hydrogens is 538 g/mol. The van der Waals surface area contributed by atoms with E-state index in [1.165, 1.54) is 22.7 Å². The Bertz CT molecular complexity index is 1770. The number of benzene rings is 2. The van der Waals surface area contributed by atoms with Crippen molar-refractivity contribution in [3.8, 4) is 38.7 Å². The second-order valence-electron chi connectivity index (χ2n) is 8.78. The van der Waals surface area contributed by atoms with Crippen LogP contribution in [0.25, 0.3) is 38.0 Å². The standard InChI is InChI=1S/C27H23N5O5S2/c1-31(2)25(33)16-7-5-15(6-8-16)24-28-17(14-38-24)13-36-21-9-18(34-3)10-22-19(21)11-23(37-22)20-12-32-26(29-20)39-27(30-32)35-4/h5-12,14H,13H2,1-4H3. The summed E-state index contributed by atoms with van der Waals surface area (Å²) in [6, 6.07) is 13.0. The van der Waals surface area contributed by atoms with E-state index in [0.717, 1.165) is 21.7 Å². The Morgan fingerprint density at radius 2 is 1.90 bits per heavy atom. The normalized spacial score (nSPS) is 11.3. The number of hydrogen-bond acceptors (Lipinski definition) is 10. The molecule has 1 amide bonds. The van der Waals surface area contributed by atoms with Crippen LogP contribution in [0.2, 0.25) is 0 Å². The van der Waals surface area contributed by atoms with E-state index >= 15 is 0 Å². The lowest BCUT2D eigenvalue weighted by Gasteiger charge is -2.10. The molecule has 6 rings (SSSR count). The molecule has 198 valence electrons. The van der Waals surface area contributed by atoms with Gasteiger partial charge in [0.25, 0.3) is 11.1 Å². The molecule has 4 heterocycles. The van der Waals surface area contributed by atoms with E-state index in [1.54, 1.807) is 43.9 Å². The molecule has 0 bridgehead atoms. The van der Waals surface area contributed by atoms with Crippen molar-refractivity contribution in [3.63, 3.8) is 0 Å². The van der Waals surface area contributed by atoms with Gasteiger partial charge in [0.15, 0.2) is 5.76 Å². The summed E-state index contributed by atoms with van der Waals surface area (Å²) in [7, 11) is 6.64. The third-order valence-corrected chi connectivity index (χ3v) is 7.80. The number of thiazole rings is 1. The summed E-state index contributed by atoms with van der Waals surface area (Å²) in [5.41, 5.74) is 3.64. The largest absolute Gasteiger partial charge is 0.496 e. The summed E-state index contributed by atoms with van der Waals surface area (Å²) in [5.74, 6) is 1.78. The second kappa shape index (κ2) is 10.0. The molecule has 0 saturated heterocycles. The third kappa shape index (κ3) is 4.79. The Hall–Kier alpha value is -4.42. The molecule has 0 radical (unpaired) electrons. The van der Waals surface area contributed by atoms with Crippen LogP contribution in [0.1, 0.15) is 16.1 Å². The highest BCUT2D eigenvalue weighted by Crippen LogP contribution is 2.38. The highest BCUT2D eigenvalue weighted by atomic mass is 32.1. The number of furan rings is 1. The van der Waals surface area contributed by atoms with Crippen molar-refractivity contribution in [3.05, 3.63) is 65.3 Å². The first kappa shape index (κ1) is 24.9. The van der Waals surface area contributed by atoms with Crippen LogP contribution >= 0.6 is 22.7 Å². The van der Waals surface area contributed by atoms with Crippen LogP contribution in [0.4, 0.5) is 0 Å². The summed E-state index contributed by atoms with van der Waals surface area (Å²) < 4.78 is 24.6. The minimum Gasteiger partial charge on any atom is -0.496 e. The summed E-state index contributed by atoms with van der Waals surface area (Å²) in [6.45, 7) is 0.264. The minimum absolute atomic E-state index is 0.0357. The lowest BCUT2D eigenvalue weighted by Crippen LogP contribution is -2.21. The lowest BCUT2D eigenvalue weighted by molar-refractivity contribution is 0.0827. The van der Waals surface area contributed by atoms with Gasteiger partial charge in [0.05, 0.1) is 31.5 Å². The van der Waals surface area contributed by atoms with Crippen molar-refractivity contribution in [1.82, 2.24) is 24.5 Å². The van der Waals surface area contributed by atoms with Crippen molar-refractivity contribution in [1.29, 1.82) is 0 Å². The highest BCUT2D eigenvalue weighted by Gasteiger charge is 2.18. The fourth-order valence-corrected chi connectivity index (χ4v) is 5.51. The lowest BCUT2D eigenvalue weighted by atomic mass is 10.1. The van der Waals surface area contributed by atoms with Gasteiger partial charge in [0.2, 0.25) is 4.96 Å². The van der Waals surface area contributed by atoms with Gasteiger partial charge >= 0.3 is 0 Å². The number of nitrogens with zero attached hydrogens (tertiary/aromatic N) is 5. The predicted octanol–water partition coefficient (Wildman–Crippen LogP) is 5.63. The highest BCUT2D eigenvalue weighted by molar-refractivity contribution is 7.18. The molecule has 0 saturated carbocycles. The molecule has 0 atom stereocenters. The summed E-state index contributed by atoms with van der Waals surface area (Å²) >= 11 is 2.87. The fraction of sp³-hybridized carbons (Fsp3) is 0.185. The Kier molecular flexibility index (Phi) is 6.41. The number of ether oxygens (including phenoxy) is 3. The molecule has 4 aromatic heterocycles. The van der Waals surface area contributed by atoms with Gasteiger partial charge in [-0.15, -0.1) is 16.4 Å². The van der Waals surface area contributed by atoms with Gasteiger partial charge < -0.3 is 23.5 Å². The number of rotatable bonds is 8. The molecule has 0 unspecified atom stereocenters. The molecule has 0 aliphatic rings. The second-order valence-corrected chi connectivity index (χ2v) is 10.6. The minimum atomic E-state index is -0.0357. The van der Waals surface area contributed by atoms with Crippen molar-refractivity contribution in [2.45, 2.75) is 6.61 Å². The molecule has 6 aromatic rings. The van der Waals surface area contributed by atoms with E-state index in [0.29, 0.717) is 44.3 Å². The van der Waals surface area contributed by atoms with Crippen LogP contribution in [0.5, 0.6) is 16.7 Å². The van der Waals surface area contributed by atoms with Gasteiger partial charge in [0.1, 0.15) is 34.4 Å². The zero-order chi connectivity index (χ0) is 27.1. The molecule has 12 heteroatoms. The topological polar surface area (TPSA) is 104 Å². The first-order valence-electron chi connectivity index (χ1n) is 11.8. The van der Waals surface area contributed by atoms with Crippen molar-refractivity contribution in [2.75, 3.05) is 28.3 Å². The van der Waals surface area contributed by atoms with E-state index in [1.807, 2.05) is 47.8 Å². The van der Waals surface area contributed by atoms with Crippen LogP contribution < -0.4 is 14.2 Å². The van der Waals surface area contributed by atoms with Crippen LogP contribution in [0, 0.1) is 0 Å². The van der Waals surface area contributed by atoms with E-state index in [2.05, 4.69) is 10.1 Å². The van der Waals surface area contributed by atoms with Gasteiger partial charge in [0, 0.05) is 42.7 Å². The van der Waals surface area contributed by atoms with Crippen LogP contribution in [-0.2, 0) is 6.61 Å². The van der Waals surface area contributed by atoms with Gasteiger partial charge in [-0.05, 0) is 29.5 Å². The molecule has 10 nitrogen and oxygen atoms in total. The molecule has 0 aliphatic carbocycles. The van der Waals surface area contributed by atoms with E-state index < -0.39 is 0 Å². The maximum absolute atomic E-state index is 12.2. The van der Waals surface area contributed by atoms with Gasteiger partial charge in [-0.2, -0.15) is 0 Å². The predicted molar refractivity (Wildman–Crippen MR) is 149 cm³/mol. The van der Waals surface area contributed by atoms with Gasteiger partial charge in [-0.25, -0.2) is 14.5 Å². The van der Waals surface area contributed by atoms with E-state index in [-0.39, 0.29) is 12.5 Å². The van der Waals surface area contributed by atoms with Crippen molar-refractivity contribution < 1.29 is 23.4 Å². The van der Waals surface area contributed by atoms with Crippen molar-refractivity contribution >= 4 is 44.5 Å². The number of hydrogen-bond donors (Lipinski definition) is 0. The number of carbonyl (C=O) groups excluding carboxylic acids is 1. The Balaban J connectivity index is 1.23. The third-order valence-electron chi connectivity index (χ3n) is 5.97.